The molecule has 2 aliphatic heterocycles. The van der Waals surface area contributed by atoms with Gasteiger partial charge in [-0.15, -0.1) is 0 Å². The molecular weight excluding hydrogens is 204 g/mol. The maximum Gasteiger partial charge on any atom is 0.0350 e. The Morgan fingerprint density at radius 2 is 2.00 bits per heavy atom. The second-order valence-electron chi connectivity index (χ2n) is 5.38. The van der Waals surface area contributed by atoms with E-state index in [-0.39, 0.29) is 0 Å². The van der Waals surface area contributed by atoms with Gasteiger partial charge in [0.2, 0.25) is 0 Å². The molecule has 0 aromatic heterocycles. The number of nitrogens with two attached hydrogens (primary N) is 1. The molecule has 3 heteroatoms. The van der Waals surface area contributed by atoms with Crippen molar-refractivity contribution in [3.05, 3.63) is 0 Å². The van der Waals surface area contributed by atoms with E-state index in [0.717, 1.165) is 18.5 Å². The van der Waals surface area contributed by atoms with E-state index in [9.17, 15) is 0 Å². The molecule has 2 nitrogen and oxygen atoms in total. The van der Waals surface area contributed by atoms with Gasteiger partial charge < -0.3 is 5.73 Å². The van der Waals surface area contributed by atoms with Crippen LogP contribution < -0.4 is 5.73 Å². The van der Waals surface area contributed by atoms with Gasteiger partial charge in [-0.3, -0.25) is 4.90 Å². The molecule has 0 bridgehead atoms. The molecule has 2 unspecified atom stereocenters. The highest BCUT2D eigenvalue weighted by molar-refractivity contribution is 7.99. The van der Waals surface area contributed by atoms with E-state index in [1.54, 1.807) is 0 Å². The van der Waals surface area contributed by atoms with Gasteiger partial charge in [0.05, 0.1) is 0 Å². The van der Waals surface area contributed by atoms with Crippen molar-refractivity contribution in [2.45, 2.75) is 44.7 Å². The molecule has 2 saturated heterocycles. The van der Waals surface area contributed by atoms with Gasteiger partial charge in [0.25, 0.3) is 0 Å². The Kier molecular flexibility index (Phi) is 3.63. The number of rotatable bonds is 2. The standard InChI is InChI=1S/C12H24N2S/c1-10-7-11(2)14(8-10)12(9-13)3-5-15-6-4-12/h10-11H,3-9,13H2,1-2H3. The van der Waals surface area contributed by atoms with Crippen molar-refractivity contribution in [1.82, 2.24) is 4.90 Å². The fourth-order valence-corrected chi connectivity index (χ4v) is 4.57. The summed E-state index contributed by atoms with van der Waals surface area (Å²) in [6, 6.07) is 0.742. The Hall–Kier alpha value is 0.270. The van der Waals surface area contributed by atoms with Gasteiger partial charge in [-0.25, -0.2) is 0 Å². The SMILES string of the molecule is CC1CC(C)N(C2(CN)CCSCC2)C1. The number of thioether (sulfide) groups is 1. The normalized spacial score (nSPS) is 37.0. The van der Waals surface area contributed by atoms with Crippen LogP contribution in [0.1, 0.15) is 33.1 Å². The zero-order valence-corrected chi connectivity index (χ0v) is 10.9. The first-order valence-corrected chi connectivity index (χ1v) is 7.38. The van der Waals surface area contributed by atoms with Crippen molar-refractivity contribution in [3.63, 3.8) is 0 Å². The lowest BCUT2D eigenvalue weighted by Gasteiger charge is -2.46. The Morgan fingerprint density at radius 1 is 1.33 bits per heavy atom. The van der Waals surface area contributed by atoms with Crippen molar-refractivity contribution in [1.29, 1.82) is 0 Å². The summed E-state index contributed by atoms with van der Waals surface area (Å²) in [5, 5.41) is 0. The summed E-state index contributed by atoms with van der Waals surface area (Å²) in [5.74, 6) is 3.46. The molecule has 0 aliphatic carbocycles. The zero-order chi connectivity index (χ0) is 10.9. The number of hydrogen-bond acceptors (Lipinski definition) is 3. The molecule has 0 amide bonds. The minimum absolute atomic E-state index is 0.343. The maximum absolute atomic E-state index is 6.07. The third-order valence-electron chi connectivity index (χ3n) is 4.20. The topological polar surface area (TPSA) is 29.3 Å². The van der Waals surface area contributed by atoms with E-state index in [4.69, 9.17) is 5.73 Å². The number of likely N-dealkylation sites (tertiary alicyclic amines) is 1. The Morgan fingerprint density at radius 3 is 2.47 bits per heavy atom. The number of nitrogens with zero attached hydrogens (tertiary/aromatic N) is 1. The van der Waals surface area contributed by atoms with E-state index < -0.39 is 0 Å². The molecule has 0 aromatic rings. The lowest BCUT2D eigenvalue weighted by Crippen LogP contribution is -2.57. The van der Waals surface area contributed by atoms with Crippen LogP contribution in [0.2, 0.25) is 0 Å². The van der Waals surface area contributed by atoms with Crippen molar-refractivity contribution < 1.29 is 0 Å². The summed E-state index contributed by atoms with van der Waals surface area (Å²) in [6.45, 7) is 6.87. The Bertz CT molecular complexity index is 214. The number of hydrogen-bond donors (Lipinski definition) is 1. The van der Waals surface area contributed by atoms with Gasteiger partial charge in [0, 0.05) is 24.7 Å². The second kappa shape index (κ2) is 4.64. The average molecular weight is 228 g/mol. The van der Waals surface area contributed by atoms with E-state index >= 15 is 0 Å². The quantitative estimate of drug-likeness (QED) is 0.783. The van der Waals surface area contributed by atoms with Crippen molar-refractivity contribution in [2.75, 3.05) is 24.6 Å². The van der Waals surface area contributed by atoms with Crippen LogP contribution in [-0.4, -0.2) is 41.1 Å². The molecule has 2 N–H and O–H groups in total. The zero-order valence-electron chi connectivity index (χ0n) is 10.0. The Labute approximate surface area is 98.0 Å². The van der Waals surface area contributed by atoms with Gasteiger partial charge in [0.1, 0.15) is 0 Å². The van der Waals surface area contributed by atoms with Crippen LogP contribution in [-0.2, 0) is 0 Å². The molecule has 0 saturated carbocycles. The molecule has 2 heterocycles. The molecule has 0 aromatic carbocycles. The van der Waals surface area contributed by atoms with E-state index in [0.29, 0.717) is 5.54 Å². The highest BCUT2D eigenvalue weighted by Crippen LogP contribution is 2.38. The monoisotopic (exact) mass is 228 g/mol. The fourth-order valence-electron chi connectivity index (χ4n) is 3.32. The lowest BCUT2D eigenvalue weighted by atomic mass is 9.89. The molecule has 15 heavy (non-hydrogen) atoms. The minimum Gasteiger partial charge on any atom is -0.329 e. The van der Waals surface area contributed by atoms with Crippen LogP contribution in [0, 0.1) is 5.92 Å². The van der Waals surface area contributed by atoms with Gasteiger partial charge in [-0.2, -0.15) is 11.8 Å². The predicted molar refractivity (Wildman–Crippen MR) is 68.3 cm³/mol. The van der Waals surface area contributed by atoms with Crippen LogP contribution in [0.15, 0.2) is 0 Å². The molecule has 88 valence electrons. The molecular formula is C12H24N2S. The summed E-state index contributed by atoms with van der Waals surface area (Å²) < 4.78 is 0. The van der Waals surface area contributed by atoms with E-state index in [2.05, 4.69) is 30.5 Å². The lowest BCUT2D eigenvalue weighted by molar-refractivity contribution is 0.0761. The first-order valence-electron chi connectivity index (χ1n) is 6.22. The summed E-state index contributed by atoms with van der Waals surface area (Å²) in [7, 11) is 0. The van der Waals surface area contributed by atoms with Crippen LogP contribution in [0.4, 0.5) is 0 Å². The van der Waals surface area contributed by atoms with Crippen molar-refractivity contribution >= 4 is 11.8 Å². The minimum atomic E-state index is 0.343. The van der Waals surface area contributed by atoms with Crippen molar-refractivity contribution in [3.8, 4) is 0 Å². The smallest absolute Gasteiger partial charge is 0.0350 e. The third kappa shape index (κ3) is 2.20. The largest absolute Gasteiger partial charge is 0.329 e. The Balaban J connectivity index is 2.10. The third-order valence-corrected chi connectivity index (χ3v) is 5.18. The van der Waals surface area contributed by atoms with Crippen LogP contribution in [0.5, 0.6) is 0 Å². The van der Waals surface area contributed by atoms with Gasteiger partial charge in [-0.1, -0.05) is 6.92 Å². The molecule has 0 radical (unpaired) electrons. The summed E-state index contributed by atoms with van der Waals surface area (Å²) in [6.07, 6.45) is 3.95. The summed E-state index contributed by atoms with van der Waals surface area (Å²) in [5.41, 5.74) is 6.42. The summed E-state index contributed by atoms with van der Waals surface area (Å²) >= 11 is 2.09. The van der Waals surface area contributed by atoms with Crippen LogP contribution in [0.25, 0.3) is 0 Å². The summed E-state index contributed by atoms with van der Waals surface area (Å²) in [4.78, 5) is 2.72. The van der Waals surface area contributed by atoms with Gasteiger partial charge >= 0.3 is 0 Å². The average Bonchev–Trinajstić information content (AvgIpc) is 2.59. The van der Waals surface area contributed by atoms with Crippen molar-refractivity contribution in [2.24, 2.45) is 11.7 Å². The molecule has 2 rings (SSSR count). The van der Waals surface area contributed by atoms with Gasteiger partial charge in [-0.05, 0) is 43.6 Å². The highest BCUT2D eigenvalue weighted by atomic mass is 32.2. The first kappa shape index (κ1) is 11.7. The molecule has 2 fully saturated rings. The van der Waals surface area contributed by atoms with Crippen LogP contribution >= 0.6 is 11.8 Å². The van der Waals surface area contributed by atoms with Crippen LogP contribution in [0.3, 0.4) is 0 Å². The van der Waals surface area contributed by atoms with Gasteiger partial charge in [0.15, 0.2) is 0 Å². The maximum atomic E-state index is 6.07. The molecule has 2 atom stereocenters. The highest BCUT2D eigenvalue weighted by Gasteiger charge is 2.42. The molecule has 0 spiro atoms. The molecule has 2 aliphatic rings. The van der Waals surface area contributed by atoms with E-state index in [1.807, 2.05) is 0 Å². The first-order chi connectivity index (χ1) is 7.18. The van der Waals surface area contributed by atoms with E-state index in [1.165, 1.54) is 37.3 Å². The fraction of sp³-hybridized carbons (Fsp3) is 1.00. The predicted octanol–water partition coefficient (Wildman–Crippen LogP) is 1.94. The second-order valence-corrected chi connectivity index (χ2v) is 6.61.